The summed E-state index contributed by atoms with van der Waals surface area (Å²) >= 11 is 6.10. The van der Waals surface area contributed by atoms with Crippen LogP contribution in [0.5, 0.6) is 0 Å². The van der Waals surface area contributed by atoms with Crippen LogP contribution in [-0.2, 0) is 4.79 Å². The van der Waals surface area contributed by atoms with Gasteiger partial charge in [0.1, 0.15) is 0 Å². The van der Waals surface area contributed by atoms with Crippen molar-refractivity contribution in [3.8, 4) is 0 Å². The maximum Gasteiger partial charge on any atom is 0.308 e. The van der Waals surface area contributed by atoms with Crippen LogP contribution in [0.25, 0.3) is 10.9 Å². The van der Waals surface area contributed by atoms with Gasteiger partial charge in [-0.25, -0.2) is 0 Å². The molecule has 0 saturated heterocycles. The van der Waals surface area contributed by atoms with E-state index in [2.05, 4.69) is 4.98 Å². The Balaban J connectivity index is 2.36. The van der Waals surface area contributed by atoms with Crippen molar-refractivity contribution in [3.05, 3.63) is 41.0 Å². The van der Waals surface area contributed by atoms with Gasteiger partial charge in [-0.15, -0.1) is 0 Å². The van der Waals surface area contributed by atoms with E-state index in [0.29, 0.717) is 21.5 Å². The van der Waals surface area contributed by atoms with E-state index < -0.39 is 11.9 Å². The first-order chi connectivity index (χ1) is 9.91. The molecule has 21 heavy (non-hydrogen) atoms. The normalized spacial score (nSPS) is 12.1. The predicted molar refractivity (Wildman–Crippen MR) is 80.5 cm³/mol. The van der Waals surface area contributed by atoms with E-state index in [0.717, 1.165) is 0 Å². The first kappa shape index (κ1) is 15.3. The molecular formula is C15H15ClN2O3. The Morgan fingerprint density at radius 2 is 2.10 bits per heavy atom. The molecule has 110 valence electrons. The number of nitrogens with zero attached hydrogens (tertiary/aromatic N) is 2. The van der Waals surface area contributed by atoms with E-state index in [1.807, 2.05) is 0 Å². The third kappa shape index (κ3) is 3.13. The molecule has 0 aliphatic rings. The first-order valence-electron chi connectivity index (χ1n) is 6.43. The molecule has 1 heterocycles. The zero-order valence-corrected chi connectivity index (χ0v) is 12.5. The van der Waals surface area contributed by atoms with Crippen molar-refractivity contribution in [1.29, 1.82) is 0 Å². The highest BCUT2D eigenvalue weighted by Crippen LogP contribution is 2.25. The van der Waals surface area contributed by atoms with Gasteiger partial charge in [0.05, 0.1) is 22.0 Å². The van der Waals surface area contributed by atoms with Gasteiger partial charge in [-0.2, -0.15) is 0 Å². The summed E-state index contributed by atoms with van der Waals surface area (Å²) < 4.78 is 0. The molecule has 2 rings (SSSR count). The van der Waals surface area contributed by atoms with E-state index in [9.17, 15) is 9.59 Å². The zero-order valence-electron chi connectivity index (χ0n) is 11.7. The average Bonchev–Trinajstić information content (AvgIpc) is 2.47. The van der Waals surface area contributed by atoms with Gasteiger partial charge in [0, 0.05) is 25.2 Å². The first-order valence-corrected chi connectivity index (χ1v) is 6.81. The number of benzene rings is 1. The van der Waals surface area contributed by atoms with Gasteiger partial charge >= 0.3 is 5.97 Å². The topological polar surface area (TPSA) is 70.5 Å². The van der Waals surface area contributed by atoms with E-state index >= 15 is 0 Å². The van der Waals surface area contributed by atoms with E-state index in [1.54, 1.807) is 44.4 Å². The molecule has 1 amide bonds. The zero-order chi connectivity index (χ0) is 15.6. The van der Waals surface area contributed by atoms with E-state index in [-0.39, 0.29) is 12.5 Å². The molecule has 0 spiro atoms. The molecule has 2 aromatic rings. The Morgan fingerprint density at radius 1 is 1.38 bits per heavy atom. The molecule has 0 aliphatic heterocycles. The summed E-state index contributed by atoms with van der Waals surface area (Å²) in [6.07, 6.45) is 1.59. The minimum Gasteiger partial charge on any atom is -0.481 e. The van der Waals surface area contributed by atoms with Crippen molar-refractivity contribution in [2.75, 3.05) is 13.6 Å². The second-order valence-corrected chi connectivity index (χ2v) is 5.33. The minimum atomic E-state index is -0.936. The molecule has 1 unspecified atom stereocenters. The average molecular weight is 307 g/mol. The number of fused-ring (bicyclic) bond motifs is 1. The lowest BCUT2D eigenvalue weighted by Crippen LogP contribution is -2.33. The maximum atomic E-state index is 12.5. The summed E-state index contributed by atoms with van der Waals surface area (Å²) in [6.45, 7) is 1.69. The monoisotopic (exact) mass is 306 g/mol. The van der Waals surface area contributed by atoms with Gasteiger partial charge in [0.15, 0.2) is 0 Å². The summed E-state index contributed by atoms with van der Waals surface area (Å²) in [4.78, 5) is 29.0. The Labute approximate surface area is 127 Å². The molecule has 5 nitrogen and oxygen atoms in total. The summed E-state index contributed by atoms with van der Waals surface area (Å²) in [5.41, 5.74) is 0.930. The molecule has 0 fully saturated rings. The number of aliphatic carboxylic acids is 1. The summed E-state index contributed by atoms with van der Waals surface area (Å²) in [7, 11) is 1.57. The maximum absolute atomic E-state index is 12.5. The number of hydrogen-bond acceptors (Lipinski definition) is 3. The predicted octanol–water partition coefficient (Wildman–Crippen LogP) is 2.68. The number of pyridine rings is 1. The van der Waals surface area contributed by atoms with Crippen molar-refractivity contribution in [1.82, 2.24) is 9.88 Å². The number of carboxylic acids is 1. The number of carbonyl (C=O) groups excluding carboxylic acids is 1. The Hall–Kier alpha value is -2.14. The van der Waals surface area contributed by atoms with Gasteiger partial charge < -0.3 is 10.0 Å². The quantitative estimate of drug-likeness (QED) is 0.942. The van der Waals surface area contributed by atoms with Crippen LogP contribution in [0, 0.1) is 5.92 Å². The van der Waals surface area contributed by atoms with Crippen LogP contribution >= 0.6 is 11.6 Å². The highest BCUT2D eigenvalue weighted by molar-refractivity contribution is 6.36. The summed E-state index contributed by atoms with van der Waals surface area (Å²) in [5.74, 6) is -1.84. The molecule has 1 atom stereocenters. The number of carboxylic acid groups (broad SMARTS) is 1. The number of rotatable bonds is 4. The third-order valence-electron chi connectivity index (χ3n) is 3.26. The lowest BCUT2D eigenvalue weighted by atomic mass is 10.1. The largest absolute Gasteiger partial charge is 0.481 e. The molecule has 1 aromatic heterocycles. The van der Waals surface area contributed by atoms with Gasteiger partial charge in [-0.05, 0) is 24.3 Å². The molecule has 6 heteroatoms. The lowest BCUT2D eigenvalue weighted by Gasteiger charge is -2.20. The van der Waals surface area contributed by atoms with E-state index in [1.165, 1.54) is 4.90 Å². The minimum absolute atomic E-state index is 0.130. The van der Waals surface area contributed by atoms with Crippen LogP contribution < -0.4 is 0 Å². The summed E-state index contributed by atoms with van der Waals surface area (Å²) in [5, 5.41) is 10.1. The molecule has 1 aromatic carbocycles. The number of amides is 1. The molecule has 1 N–H and O–H groups in total. The van der Waals surface area contributed by atoms with Crippen LogP contribution in [-0.4, -0.2) is 40.5 Å². The molecular weight excluding hydrogens is 292 g/mol. The fraction of sp³-hybridized carbons (Fsp3) is 0.267. The number of hydrogen-bond donors (Lipinski definition) is 1. The van der Waals surface area contributed by atoms with Crippen molar-refractivity contribution >= 4 is 34.4 Å². The van der Waals surface area contributed by atoms with Crippen LogP contribution in [0.2, 0.25) is 5.02 Å². The van der Waals surface area contributed by atoms with Gasteiger partial charge in [-0.1, -0.05) is 18.5 Å². The Morgan fingerprint density at radius 3 is 2.76 bits per heavy atom. The standard InChI is InChI=1S/C15H15ClN2O3/c1-9(15(20)21)8-18(2)14(19)11-5-6-12(16)10-4-3-7-17-13(10)11/h3-7,9H,8H2,1-2H3,(H,20,21). The molecule has 0 aliphatic carbocycles. The number of halogens is 1. The molecule has 0 saturated carbocycles. The highest BCUT2D eigenvalue weighted by Gasteiger charge is 2.20. The van der Waals surface area contributed by atoms with Crippen molar-refractivity contribution < 1.29 is 14.7 Å². The lowest BCUT2D eigenvalue weighted by molar-refractivity contribution is -0.141. The van der Waals surface area contributed by atoms with Gasteiger partial charge in [0.2, 0.25) is 0 Å². The SMILES string of the molecule is CC(CN(C)C(=O)c1ccc(Cl)c2cccnc12)C(=O)O. The number of aromatic nitrogens is 1. The van der Waals surface area contributed by atoms with Crippen LogP contribution in [0.1, 0.15) is 17.3 Å². The fourth-order valence-corrected chi connectivity index (χ4v) is 2.30. The number of carbonyl (C=O) groups is 2. The van der Waals surface area contributed by atoms with Crippen LogP contribution in [0.4, 0.5) is 0 Å². The van der Waals surface area contributed by atoms with Crippen molar-refractivity contribution in [2.24, 2.45) is 5.92 Å². The van der Waals surface area contributed by atoms with Crippen molar-refractivity contribution in [2.45, 2.75) is 6.92 Å². The molecule has 0 bridgehead atoms. The van der Waals surface area contributed by atoms with E-state index in [4.69, 9.17) is 16.7 Å². The Kier molecular flexibility index (Phi) is 4.43. The fourth-order valence-electron chi connectivity index (χ4n) is 2.09. The third-order valence-corrected chi connectivity index (χ3v) is 3.59. The molecule has 0 radical (unpaired) electrons. The summed E-state index contributed by atoms with van der Waals surface area (Å²) in [6, 6.07) is 6.80. The van der Waals surface area contributed by atoms with Crippen LogP contribution in [0.15, 0.2) is 30.5 Å². The second-order valence-electron chi connectivity index (χ2n) is 4.92. The highest BCUT2D eigenvalue weighted by atomic mass is 35.5. The Bertz CT molecular complexity index is 702. The van der Waals surface area contributed by atoms with Crippen LogP contribution in [0.3, 0.4) is 0 Å². The van der Waals surface area contributed by atoms with Gasteiger partial charge in [-0.3, -0.25) is 14.6 Å². The van der Waals surface area contributed by atoms with Gasteiger partial charge in [0.25, 0.3) is 5.91 Å². The second kappa shape index (κ2) is 6.10. The smallest absolute Gasteiger partial charge is 0.308 e. The van der Waals surface area contributed by atoms with Crippen molar-refractivity contribution in [3.63, 3.8) is 0 Å².